The highest BCUT2D eigenvalue weighted by Gasteiger charge is 2.21. The number of aromatic nitrogens is 4. The summed E-state index contributed by atoms with van der Waals surface area (Å²) in [5, 5.41) is 11.8. The molecule has 3 heterocycles. The molecule has 1 aliphatic rings. The van der Waals surface area contributed by atoms with Crippen molar-refractivity contribution >= 4 is 12.0 Å². The Labute approximate surface area is 162 Å². The van der Waals surface area contributed by atoms with Crippen LogP contribution in [0, 0.1) is 0 Å². The maximum Gasteiger partial charge on any atom is 0.322 e. The summed E-state index contributed by atoms with van der Waals surface area (Å²) >= 11 is 0. The van der Waals surface area contributed by atoms with Gasteiger partial charge in [0.25, 0.3) is 0 Å². The maximum absolute atomic E-state index is 12.3. The summed E-state index contributed by atoms with van der Waals surface area (Å²) in [5.74, 6) is 0.543. The van der Waals surface area contributed by atoms with Gasteiger partial charge in [-0.1, -0.05) is 35.5 Å². The van der Waals surface area contributed by atoms with Gasteiger partial charge in [0.2, 0.25) is 5.82 Å². The first-order chi connectivity index (χ1) is 13.6. The van der Waals surface area contributed by atoms with Crippen molar-refractivity contribution in [3.05, 3.63) is 47.8 Å². The molecule has 9 heteroatoms. The predicted molar refractivity (Wildman–Crippen MR) is 103 cm³/mol. The number of anilines is 1. The van der Waals surface area contributed by atoms with Crippen LogP contribution in [0.3, 0.4) is 0 Å². The Hall–Kier alpha value is -3.36. The Bertz CT molecular complexity index is 948. The lowest BCUT2D eigenvalue weighted by molar-refractivity contribution is 0.169. The lowest BCUT2D eigenvalue weighted by Gasteiger charge is -2.23. The summed E-state index contributed by atoms with van der Waals surface area (Å²) in [6, 6.07) is 12.1. The standard InChI is InChI=1S/C19H23N7O2/c1-24(2)19(27)25-9-6-10-26-16(13-25)11-15(22-26)12-20-18-21-17(23-28-18)14-7-4-3-5-8-14/h3-5,7-8,11H,6,9-10,12-13H2,1-2H3,(H,20,21,23). The van der Waals surface area contributed by atoms with Crippen LogP contribution in [0.15, 0.2) is 40.9 Å². The molecule has 0 atom stereocenters. The Morgan fingerprint density at radius 1 is 1.25 bits per heavy atom. The minimum absolute atomic E-state index is 0.0219. The zero-order chi connectivity index (χ0) is 19.5. The second kappa shape index (κ2) is 7.71. The summed E-state index contributed by atoms with van der Waals surface area (Å²) in [7, 11) is 3.54. The van der Waals surface area contributed by atoms with E-state index in [-0.39, 0.29) is 6.03 Å². The molecule has 1 aromatic carbocycles. The SMILES string of the molecule is CN(C)C(=O)N1CCCn2nc(CNc3nc(-c4ccccc4)no3)cc2C1. The average Bonchev–Trinajstić information content (AvgIpc) is 3.28. The molecule has 0 fully saturated rings. The molecule has 0 aliphatic carbocycles. The molecular formula is C19H23N7O2. The number of hydrogen-bond donors (Lipinski definition) is 1. The number of rotatable bonds is 4. The molecule has 146 valence electrons. The topological polar surface area (TPSA) is 92.3 Å². The Morgan fingerprint density at radius 3 is 2.86 bits per heavy atom. The Kier molecular flexibility index (Phi) is 4.96. The van der Waals surface area contributed by atoms with Crippen molar-refractivity contribution in [3.63, 3.8) is 0 Å². The van der Waals surface area contributed by atoms with Crippen LogP contribution in [0.4, 0.5) is 10.8 Å². The number of carbonyl (C=O) groups is 1. The van der Waals surface area contributed by atoms with Crippen molar-refractivity contribution in [1.82, 2.24) is 29.7 Å². The quantitative estimate of drug-likeness (QED) is 0.746. The van der Waals surface area contributed by atoms with Crippen molar-refractivity contribution in [1.29, 1.82) is 0 Å². The number of urea groups is 1. The van der Waals surface area contributed by atoms with E-state index in [2.05, 4.69) is 20.6 Å². The minimum atomic E-state index is 0.0219. The lowest BCUT2D eigenvalue weighted by Crippen LogP contribution is -2.38. The third-order valence-corrected chi connectivity index (χ3v) is 4.60. The van der Waals surface area contributed by atoms with Gasteiger partial charge in [0.1, 0.15) is 0 Å². The number of benzene rings is 1. The van der Waals surface area contributed by atoms with E-state index in [1.807, 2.05) is 46.0 Å². The highest BCUT2D eigenvalue weighted by atomic mass is 16.5. The lowest BCUT2D eigenvalue weighted by atomic mass is 10.2. The molecule has 2 aromatic heterocycles. The van der Waals surface area contributed by atoms with E-state index in [9.17, 15) is 4.79 Å². The van der Waals surface area contributed by atoms with E-state index in [0.717, 1.165) is 36.5 Å². The molecule has 0 saturated heterocycles. The fourth-order valence-electron chi connectivity index (χ4n) is 3.22. The van der Waals surface area contributed by atoms with Gasteiger partial charge in [-0.3, -0.25) is 4.68 Å². The van der Waals surface area contributed by atoms with E-state index in [4.69, 9.17) is 4.52 Å². The molecule has 2 amide bonds. The zero-order valence-electron chi connectivity index (χ0n) is 16.0. The number of aryl methyl sites for hydroxylation is 1. The molecule has 3 aromatic rings. The van der Waals surface area contributed by atoms with Crippen molar-refractivity contribution in [2.45, 2.75) is 26.1 Å². The third-order valence-electron chi connectivity index (χ3n) is 4.60. The van der Waals surface area contributed by atoms with Crippen LogP contribution < -0.4 is 5.32 Å². The van der Waals surface area contributed by atoms with E-state index < -0.39 is 0 Å². The number of nitrogens with one attached hydrogen (secondary N) is 1. The van der Waals surface area contributed by atoms with E-state index in [0.29, 0.717) is 24.9 Å². The number of carbonyl (C=O) groups excluding carboxylic acids is 1. The van der Waals surface area contributed by atoms with Crippen LogP contribution in [0.1, 0.15) is 17.8 Å². The fraction of sp³-hybridized carbons (Fsp3) is 0.368. The summed E-state index contributed by atoms with van der Waals surface area (Å²) in [6.07, 6.45) is 0.880. The summed E-state index contributed by atoms with van der Waals surface area (Å²) < 4.78 is 7.25. The average molecular weight is 381 g/mol. The predicted octanol–water partition coefficient (Wildman–Crippen LogP) is 2.43. The molecule has 1 N–H and O–H groups in total. The van der Waals surface area contributed by atoms with Crippen molar-refractivity contribution in [3.8, 4) is 11.4 Å². The van der Waals surface area contributed by atoms with Crippen LogP contribution in [0.25, 0.3) is 11.4 Å². The van der Waals surface area contributed by atoms with Gasteiger partial charge < -0.3 is 19.6 Å². The first-order valence-electron chi connectivity index (χ1n) is 9.25. The van der Waals surface area contributed by atoms with Crippen LogP contribution in [0.5, 0.6) is 0 Å². The van der Waals surface area contributed by atoms with Gasteiger partial charge >= 0.3 is 12.0 Å². The highest BCUT2D eigenvalue weighted by Crippen LogP contribution is 2.18. The largest absolute Gasteiger partial charge is 0.332 e. The smallest absolute Gasteiger partial charge is 0.322 e. The molecule has 0 unspecified atom stereocenters. The second-order valence-electron chi connectivity index (χ2n) is 6.94. The maximum atomic E-state index is 12.3. The first-order valence-corrected chi connectivity index (χ1v) is 9.25. The van der Waals surface area contributed by atoms with E-state index >= 15 is 0 Å². The zero-order valence-corrected chi connectivity index (χ0v) is 16.0. The Balaban J connectivity index is 1.41. The van der Waals surface area contributed by atoms with Crippen LogP contribution in [-0.4, -0.2) is 56.4 Å². The van der Waals surface area contributed by atoms with Crippen LogP contribution in [0.2, 0.25) is 0 Å². The number of nitrogens with zero attached hydrogens (tertiary/aromatic N) is 6. The normalized spacial score (nSPS) is 13.7. The molecule has 1 aliphatic heterocycles. The van der Waals surface area contributed by atoms with Crippen molar-refractivity contribution in [2.24, 2.45) is 0 Å². The van der Waals surface area contributed by atoms with Gasteiger partial charge in [0, 0.05) is 32.7 Å². The number of amides is 2. The number of hydrogen-bond acceptors (Lipinski definition) is 6. The monoisotopic (exact) mass is 381 g/mol. The summed E-state index contributed by atoms with van der Waals surface area (Å²) in [4.78, 5) is 20.1. The molecule has 28 heavy (non-hydrogen) atoms. The molecule has 4 rings (SSSR count). The van der Waals surface area contributed by atoms with Crippen molar-refractivity contribution in [2.75, 3.05) is 26.0 Å². The Morgan fingerprint density at radius 2 is 2.07 bits per heavy atom. The molecule has 9 nitrogen and oxygen atoms in total. The van der Waals surface area contributed by atoms with Gasteiger partial charge in [-0.25, -0.2) is 4.79 Å². The first kappa shape index (κ1) is 18.0. The molecular weight excluding hydrogens is 358 g/mol. The van der Waals surface area contributed by atoms with Gasteiger partial charge in [-0.05, 0) is 12.5 Å². The van der Waals surface area contributed by atoms with E-state index in [1.54, 1.807) is 19.0 Å². The van der Waals surface area contributed by atoms with Gasteiger partial charge in [0.05, 0.1) is 24.5 Å². The molecule has 0 saturated carbocycles. The van der Waals surface area contributed by atoms with E-state index in [1.165, 1.54) is 0 Å². The molecule has 0 spiro atoms. The van der Waals surface area contributed by atoms with Gasteiger partial charge in [-0.15, -0.1) is 0 Å². The summed E-state index contributed by atoms with van der Waals surface area (Å²) in [5.41, 5.74) is 2.80. The van der Waals surface area contributed by atoms with Crippen LogP contribution in [-0.2, 0) is 19.6 Å². The third kappa shape index (κ3) is 3.83. The highest BCUT2D eigenvalue weighted by molar-refractivity contribution is 5.73. The molecule has 0 radical (unpaired) electrons. The fourth-order valence-corrected chi connectivity index (χ4v) is 3.22. The van der Waals surface area contributed by atoms with Gasteiger partial charge in [0.15, 0.2) is 0 Å². The van der Waals surface area contributed by atoms with Crippen molar-refractivity contribution < 1.29 is 9.32 Å². The second-order valence-corrected chi connectivity index (χ2v) is 6.94. The molecule has 0 bridgehead atoms. The van der Waals surface area contributed by atoms with Crippen LogP contribution >= 0.6 is 0 Å². The van der Waals surface area contributed by atoms with Gasteiger partial charge in [-0.2, -0.15) is 10.1 Å². The summed E-state index contributed by atoms with van der Waals surface area (Å²) in [6.45, 7) is 2.56. The minimum Gasteiger partial charge on any atom is -0.332 e. The number of fused-ring (bicyclic) bond motifs is 1.